The molecule has 0 aliphatic carbocycles. The van der Waals surface area contributed by atoms with Crippen molar-refractivity contribution in [1.29, 1.82) is 0 Å². The van der Waals surface area contributed by atoms with Gasteiger partial charge in [-0.25, -0.2) is 8.42 Å². The molecule has 0 saturated heterocycles. The van der Waals surface area contributed by atoms with Gasteiger partial charge < -0.3 is 5.11 Å². The van der Waals surface area contributed by atoms with Gasteiger partial charge in [-0.1, -0.05) is 13.8 Å². The summed E-state index contributed by atoms with van der Waals surface area (Å²) in [7, 11) is -4.51. The van der Waals surface area contributed by atoms with Crippen LogP contribution in [0.25, 0.3) is 0 Å². The van der Waals surface area contributed by atoms with E-state index in [4.69, 9.17) is 5.11 Å². The molecule has 108 valence electrons. The number of sulfonamides is 1. The fourth-order valence-corrected chi connectivity index (χ4v) is 2.75. The Morgan fingerprint density at radius 2 is 1.72 bits per heavy atom. The molecular formula is C9H16F3NO4S. The fraction of sp³-hybridized carbons (Fsp3) is 0.889. The van der Waals surface area contributed by atoms with Gasteiger partial charge in [0.25, 0.3) is 0 Å². The van der Waals surface area contributed by atoms with Crippen LogP contribution in [-0.2, 0) is 14.8 Å². The number of carboxylic acids is 1. The van der Waals surface area contributed by atoms with Crippen molar-refractivity contribution in [3.63, 3.8) is 0 Å². The zero-order valence-electron chi connectivity index (χ0n) is 10.2. The summed E-state index contributed by atoms with van der Waals surface area (Å²) in [4.78, 5) is 10.6. The topological polar surface area (TPSA) is 74.7 Å². The first kappa shape index (κ1) is 17.2. The summed E-state index contributed by atoms with van der Waals surface area (Å²) in [6.07, 6.45) is -4.71. The van der Waals surface area contributed by atoms with Gasteiger partial charge in [-0.2, -0.15) is 17.5 Å². The fourth-order valence-electron chi connectivity index (χ4n) is 1.22. The van der Waals surface area contributed by atoms with Crippen molar-refractivity contribution in [2.24, 2.45) is 5.92 Å². The lowest BCUT2D eigenvalue weighted by Crippen LogP contribution is -2.46. The van der Waals surface area contributed by atoms with Crippen molar-refractivity contribution in [1.82, 2.24) is 4.31 Å². The van der Waals surface area contributed by atoms with E-state index in [9.17, 15) is 26.4 Å². The van der Waals surface area contributed by atoms with E-state index in [0.717, 1.165) is 6.92 Å². The maximum absolute atomic E-state index is 12.3. The molecular weight excluding hydrogens is 275 g/mol. The molecule has 0 aromatic rings. The van der Waals surface area contributed by atoms with Crippen molar-refractivity contribution >= 4 is 16.0 Å². The molecule has 0 aromatic carbocycles. The van der Waals surface area contributed by atoms with E-state index in [2.05, 4.69) is 0 Å². The van der Waals surface area contributed by atoms with E-state index < -0.39 is 34.0 Å². The highest BCUT2D eigenvalue weighted by Crippen LogP contribution is 2.21. The van der Waals surface area contributed by atoms with Crippen molar-refractivity contribution in [3.8, 4) is 0 Å². The summed E-state index contributed by atoms with van der Waals surface area (Å²) < 4.78 is 60.5. The quantitative estimate of drug-likeness (QED) is 0.800. The molecule has 1 unspecified atom stereocenters. The molecule has 0 bridgehead atoms. The van der Waals surface area contributed by atoms with Crippen molar-refractivity contribution < 1.29 is 31.5 Å². The average Bonchev–Trinajstić information content (AvgIpc) is 2.12. The zero-order valence-corrected chi connectivity index (χ0v) is 11.0. The first-order chi connectivity index (χ1) is 7.88. The summed E-state index contributed by atoms with van der Waals surface area (Å²) in [6.45, 7) is 1.89. The molecule has 9 heteroatoms. The van der Waals surface area contributed by atoms with Crippen LogP contribution in [0.2, 0.25) is 0 Å². The minimum Gasteiger partial charge on any atom is -0.480 e. The van der Waals surface area contributed by atoms with Crippen molar-refractivity contribution in [2.75, 3.05) is 13.1 Å². The molecule has 0 aliphatic rings. The minimum atomic E-state index is -4.71. The van der Waals surface area contributed by atoms with Gasteiger partial charge in [0.05, 0.1) is 0 Å². The highest BCUT2D eigenvalue weighted by molar-refractivity contribution is 7.90. The first-order valence-corrected chi connectivity index (χ1v) is 6.66. The van der Waals surface area contributed by atoms with E-state index in [1.54, 1.807) is 13.8 Å². The van der Waals surface area contributed by atoms with Crippen LogP contribution in [-0.4, -0.2) is 48.3 Å². The van der Waals surface area contributed by atoms with E-state index in [0.29, 0.717) is 0 Å². The summed E-state index contributed by atoms with van der Waals surface area (Å²) >= 11 is 0. The molecule has 0 heterocycles. The second-order valence-electron chi connectivity index (χ2n) is 4.33. The second-order valence-corrected chi connectivity index (χ2v) is 6.58. The predicted molar refractivity (Wildman–Crippen MR) is 58.5 cm³/mol. The SMILES string of the molecule is CC(C)CN(CC(F)(F)F)S(=O)(=O)C(C)C(=O)O. The van der Waals surface area contributed by atoms with E-state index >= 15 is 0 Å². The van der Waals surface area contributed by atoms with Crippen LogP contribution < -0.4 is 0 Å². The molecule has 0 saturated carbocycles. The molecule has 0 aliphatic heterocycles. The lowest BCUT2D eigenvalue weighted by Gasteiger charge is -2.26. The van der Waals surface area contributed by atoms with Gasteiger partial charge in [-0.15, -0.1) is 0 Å². The van der Waals surface area contributed by atoms with Gasteiger partial charge in [0.1, 0.15) is 6.54 Å². The summed E-state index contributed by atoms with van der Waals surface area (Å²) in [6, 6.07) is 0. The largest absolute Gasteiger partial charge is 0.480 e. The van der Waals surface area contributed by atoms with Crippen LogP contribution in [0.5, 0.6) is 0 Å². The normalized spacial score (nSPS) is 15.1. The third-order valence-electron chi connectivity index (χ3n) is 2.08. The maximum atomic E-state index is 12.3. The molecule has 0 fully saturated rings. The molecule has 1 atom stereocenters. The number of aliphatic carboxylic acids is 1. The third-order valence-corrected chi connectivity index (χ3v) is 4.17. The second kappa shape index (κ2) is 5.87. The Morgan fingerprint density at radius 1 is 1.28 bits per heavy atom. The molecule has 0 amide bonds. The lowest BCUT2D eigenvalue weighted by molar-refractivity contribution is -0.139. The van der Waals surface area contributed by atoms with Gasteiger partial charge in [0, 0.05) is 6.54 Å². The van der Waals surface area contributed by atoms with Crippen LogP contribution in [0, 0.1) is 5.92 Å². The van der Waals surface area contributed by atoms with Crippen LogP contribution in [0.15, 0.2) is 0 Å². The molecule has 5 nitrogen and oxygen atoms in total. The van der Waals surface area contributed by atoms with Crippen molar-refractivity contribution in [2.45, 2.75) is 32.2 Å². The summed E-state index contributed by atoms with van der Waals surface area (Å²) in [5, 5.41) is 6.71. The molecule has 1 N–H and O–H groups in total. The number of carboxylic acid groups (broad SMARTS) is 1. The zero-order chi connectivity index (χ0) is 14.7. The lowest BCUT2D eigenvalue weighted by atomic mass is 10.2. The molecule has 0 rings (SSSR count). The number of rotatable bonds is 6. The highest BCUT2D eigenvalue weighted by Gasteiger charge is 2.40. The Labute approximate surface area is 104 Å². The number of alkyl halides is 3. The number of hydrogen-bond acceptors (Lipinski definition) is 3. The maximum Gasteiger partial charge on any atom is 0.402 e. The van der Waals surface area contributed by atoms with E-state index in [-0.39, 0.29) is 16.8 Å². The summed E-state index contributed by atoms with van der Waals surface area (Å²) in [5.74, 6) is -2.02. The smallest absolute Gasteiger partial charge is 0.402 e. The molecule has 0 aromatic heterocycles. The van der Waals surface area contributed by atoms with Crippen LogP contribution in [0.4, 0.5) is 13.2 Å². The Balaban J connectivity index is 5.24. The van der Waals surface area contributed by atoms with Crippen molar-refractivity contribution in [3.05, 3.63) is 0 Å². The van der Waals surface area contributed by atoms with Gasteiger partial charge in [0.15, 0.2) is 5.25 Å². The Hall–Kier alpha value is -0.830. The number of carbonyl (C=O) groups is 1. The van der Waals surface area contributed by atoms with Gasteiger partial charge >= 0.3 is 12.1 Å². The van der Waals surface area contributed by atoms with Crippen LogP contribution in [0.3, 0.4) is 0 Å². The van der Waals surface area contributed by atoms with Crippen LogP contribution in [0.1, 0.15) is 20.8 Å². The summed E-state index contributed by atoms with van der Waals surface area (Å²) in [5.41, 5.74) is 0. The highest BCUT2D eigenvalue weighted by atomic mass is 32.2. The van der Waals surface area contributed by atoms with Gasteiger partial charge in [-0.05, 0) is 12.8 Å². The average molecular weight is 291 g/mol. The van der Waals surface area contributed by atoms with E-state index in [1.807, 2.05) is 0 Å². The number of hydrogen-bond donors (Lipinski definition) is 1. The standard InChI is InChI=1S/C9H16F3NO4S/c1-6(2)4-13(5-9(10,11)12)18(16,17)7(3)8(14)15/h6-7H,4-5H2,1-3H3,(H,14,15). The van der Waals surface area contributed by atoms with Crippen LogP contribution >= 0.6 is 0 Å². The van der Waals surface area contributed by atoms with E-state index in [1.165, 1.54) is 0 Å². The minimum absolute atomic E-state index is 0.177. The third kappa shape index (κ3) is 5.21. The molecule has 0 spiro atoms. The predicted octanol–water partition coefficient (Wildman–Crippen LogP) is 1.31. The Morgan fingerprint density at radius 3 is 2.00 bits per heavy atom. The number of nitrogens with zero attached hydrogens (tertiary/aromatic N) is 1. The molecule has 18 heavy (non-hydrogen) atoms. The Bertz CT molecular complexity index is 391. The Kier molecular flexibility index (Phi) is 5.60. The van der Waals surface area contributed by atoms with Gasteiger partial charge in [-0.3, -0.25) is 4.79 Å². The van der Waals surface area contributed by atoms with Gasteiger partial charge in [0.2, 0.25) is 10.0 Å². The molecule has 0 radical (unpaired) electrons. The first-order valence-electron chi connectivity index (χ1n) is 5.16. The number of halogens is 3. The monoisotopic (exact) mass is 291 g/mol.